The topological polar surface area (TPSA) is 95.9 Å². The van der Waals surface area contributed by atoms with Gasteiger partial charge in [-0.2, -0.15) is 0 Å². The molecule has 136 valence electrons. The fraction of sp³-hybridized carbons (Fsp3) is 0.211. The summed E-state index contributed by atoms with van der Waals surface area (Å²) in [5.74, 6) is -1.32. The average molecular weight is 356 g/mol. The number of benzene rings is 2. The molecule has 0 bridgehead atoms. The Balaban J connectivity index is 2.21. The molecule has 0 atom stereocenters. The van der Waals surface area contributed by atoms with Gasteiger partial charge in [-0.15, -0.1) is 0 Å². The zero-order chi connectivity index (χ0) is 19.3. The molecule has 26 heavy (non-hydrogen) atoms. The smallest absolute Gasteiger partial charge is 0.335 e. The molecule has 7 nitrogen and oxygen atoms in total. The van der Waals surface area contributed by atoms with Gasteiger partial charge in [-0.05, 0) is 29.8 Å². The molecule has 0 aromatic heterocycles. The predicted molar refractivity (Wildman–Crippen MR) is 96.7 cm³/mol. The summed E-state index contributed by atoms with van der Waals surface area (Å²) >= 11 is 0. The van der Waals surface area contributed by atoms with Crippen LogP contribution in [0.5, 0.6) is 5.75 Å². The highest BCUT2D eigenvalue weighted by Crippen LogP contribution is 2.24. The molecule has 0 aliphatic carbocycles. The highest BCUT2D eigenvalue weighted by atomic mass is 16.5. The molecule has 0 unspecified atom stereocenters. The largest absolute Gasteiger partial charge is 0.496 e. The van der Waals surface area contributed by atoms with Crippen molar-refractivity contribution in [3.8, 4) is 5.75 Å². The van der Waals surface area contributed by atoms with Crippen molar-refractivity contribution in [2.24, 2.45) is 0 Å². The molecule has 7 heteroatoms. The number of anilines is 1. The fourth-order valence-corrected chi connectivity index (χ4v) is 2.46. The van der Waals surface area contributed by atoms with Gasteiger partial charge in [0.15, 0.2) is 0 Å². The summed E-state index contributed by atoms with van der Waals surface area (Å²) in [4.78, 5) is 37.2. The van der Waals surface area contributed by atoms with Crippen LogP contribution in [-0.2, 0) is 11.2 Å². The van der Waals surface area contributed by atoms with Gasteiger partial charge in [0.25, 0.3) is 5.91 Å². The number of hydrogen-bond acceptors (Lipinski definition) is 4. The summed E-state index contributed by atoms with van der Waals surface area (Å²) < 4.78 is 5.19. The minimum atomic E-state index is -1.09. The Morgan fingerprint density at radius 2 is 1.77 bits per heavy atom. The lowest BCUT2D eigenvalue weighted by molar-refractivity contribution is -0.115. The number of amides is 2. The van der Waals surface area contributed by atoms with Gasteiger partial charge in [0.05, 0.1) is 24.7 Å². The van der Waals surface area contributed by atoms with Crippen LogP contribution in [-0.4, -0.2) is 49.0 Å². The average Bonchev–Trinajstić information content (AvgIpc) is 2.61. The first-order chi connectivity index (χ1) is 12.3. The second-order valence-corrected chi connectivity index (χ2v) is 5.80. The molecule has 0 fully saturated rings. The van der Waals surface area contributed by atoms with Gasteiger partial charge in [-0.3, -0.25) is 9.59 Å². The van der Waals surface area contributed by atoms with E-state index < -0.39 is 5.97 Å². The molecular formula is C19H20N2O5. The molecular weight excluding hydrogens is 336 g/mol. The van der Waals surface area contributed by atoms with Crippen LogP contribution in [0.2, 0.25) is 0 Å². The lowest BCUT2D eigenvalue weighted by Crippen LogP contribution is -2.23. The normalized spacial score (nSPS) is 10.1. The van der Waals surface area contributed by atoms with Crippen molar-refractivity contribution in [3.63, 3.8) is 0 Å². The number of carboxylic acid groups (broad SMARTS) is 1. The van der Waals surface area contributed by atoms with E-state index in [0.717, 1.165) is 0 Å². The third kappa shape index (κ3) is 4.38. The molecule has 0 saturated heterocycles. The van der Waals surface area contributed by atoms with Crippen LogP contribution in [0.25, 0.3) is 0 Å². The zero-order valence-corrected chi connectivity index (χ0v) is 14.8. The van der Waals surface area contributed by atoms with Crippen molar-refractivity contribution in [1.82, 2.24) is 4.90 Å². The van der Waals surface area contributed by atoms with Crippen molar-refractivity contribution in [3.05, 3.63) is 59.2 Å². The van der Waals surface area contributed by atoms with Gasteiger partial charge in [0.1, 0.15) is 5.75 Å². The van der Waals surface area contributed by atoms with Crippen molar-refractivity contribution < 1.29 is 24.2 Å². The van der Waals surface area contributed by atoms with Crippen LogP contribution >= 0.6 is 0 Å². The minimum Gasteiger partial charge on any atom is -0.496 e. The summed E-state index contributed by atoms with van der Waals surface area (Å²) in [5.41, 5.74) is 1.24. The number of rotatable bonds is 6. The molecule has 2 amide bonds. The Morgan fingerprint density at radius 3 is 2.38 bits per heavy atom. The number of hydrogen-bond donors (Lipinski definition) is 2. The predicted octanol–water partition coefficient (Wildman–Crippen LogP) is 2.28. The van der Waals surface area contributed by atoms with Gasteiger partial charge >= 0.3 is 5.97 Å². The van der Waals surface area contributed by atoms with Gasteiger partial charge in [0, 0.05) is 19.8 Å². The zero-order valence-electron chi connectivity index (χ0n) is 14.8. The van der Waals surface area contributed by atoms with Crippen LogP contribution in [0.3, 0.4) is 0 Å². The third-order valence-corrected chi connectivity index (χ3v) is 3.72. The highest BCUT2D eigenvalue weighted by molar-refractivity contribution is 6.00. The van der Waals surface area contributed by atoms with E-state index in [0.29, 0.717) is 22.6 Å². The maximum Gasteiger partial charge on any atom is 0.335 e. The number of aromatic carboxylic acids is 1. The number of carboxylic acids is 1. The molecule has 2 aromatic rings. The highest BCUT2D eigenvalue weighted by Gasteiger charge is 2.17. The molecule has 0 spiro atoms. The Morgan fingerprint density at radius 1 is 1.08 bits per heavy atom. The Labute approximate surface area is 151 Å². The Bertz CT molecular complexity index is 846. The van der Waals surface area contributed by atoms with Crippen LogP contribution in [0.4, 0.5) is 5.69 Å². The van der Waals surface area contributed by atoms with E-state index in [1.807, 2.05) is 0 Å². The molecule has 0 radical (unpaired) electrons. The molecule has 0 saturated carbocycles. The van der Waals surface area contributed by atoms with Gasteiger partial charge in [-0.25, -0.2) is 4.79 Å². The maximum absolute atomic E-state index is 12.3. The molecule has 2 N–H and O–H groups in total. The molecule has 2 aromatic carbocycles. The lowest BCUT2D eigenvalue weighted by Gasteiger charge is -2.15. The molecule has 2 rings (SSSR count). The van der Waals surface area contributed by atoms with Crippen LogP contribution < -0.4 is 10.1 Å². The quantitative estimate of drug-likeness (QED) is 0.828. The SMILES string of the molecule is COc1ccc(NC(=O)Cc2ccccc2C(=O)O)cc1C(=O)N(C)C. The second kappa shape index (κ2) is 8.15. The number of nitrogens with one attached hydrogen (secondary N) is 1. The maximum atomic E-state index is 12.3. The van der Waals surface area contributed by atoms with Crippen LogP contribution in [0.1, 0.15) is 26.3 Å². The lowest BCUT2D eigenvalue weighted by atomic mass is 10.0. The van der Waals surface area contributed by atoms with Crippen LogP contribution in [0.15, 0.2) is 42.5 Å². The van der Waals surface area contributed by atoms with Crippen molar-refractivity contribution >= 4 is 23.5 Å². The number of ether oxygens (including phenoxy) is 1. The minimum absolute atomic E-state index is 0.0841. The second-order valence-electron chi connectivity index (χ2n) is 5.80. The Hall–Kier alpha value is -3.35. The Kier molecular flexibility index (Phi) is 5.95. The van der Waals surface area contributed by atoms with E-state index in [1.165, 1.54) is 24.1 Å². The van der Waals surface area contributed by atoms with E-state index in [2.05, 4.69) is 5.32 Å². The number of methoxy groups -OCH3 is 1. The summed E-state index contributed by atoms with van der Waals surface area (Å²) in [7, 11) is 4.70. The van der Waals surface area contributed by atoms with E-state index in [-0.39, 0.29) is 23.8 Å². The van der Waals surface area contributed by atoms with Crippen LogP contribution in [0, 0.1) is 0 Å². The van der Waals surface area contributed by atoms with E-state index in [4.69, 9.17) is 4.74 Å². The number of nitrogens with zero attached hydrogens (tertiary/aromatic N) is 1. The van der Waals surface area contributed by atoms with Crippen molar-refractivity contribution in [2.75, 3.05) is 26.5 Å². The summed E-state index contributed by atoms with van der Waals surface area (Å²) in [6, 6.07) is 11.1. The number of carbonyl (C=O) groups excluding carboxylic acids is 2. The van der Waals surface area contributed by atoms with E-state index in [9.17, 15) is 19.5 Å². The summed E-state index contributed by atoms with van der Waals surface area (Å²) in [6.07, 6.45) is -0.0918. The van der Waals surface area contributed by atoms with Gasteiger partial charge in [-0.1, -0.05) is 18.2 Å². The van der Waals surface area contributed by atoms with E-state index >= 15 is 0 Å². The van der Waals surface area contributed by atoms with E-state index in [1.54, 1.807) is 44.4 Å². The fourth-order valence-electron chi connectivity index (χ4n) is 2.46. The standard InChI is InChI=1S/C19H20N2O5/c1-21(2)18(23)15-11-13(8-9-16(15)26-3)20-17(22)10-12-6-4-5-7-14(12)19(24)25/h4-9,11H,10H2,1-3H3,(H,20,22)(H,24,25). The summed E-state index contributed by atoms with van der Waals surface area (Å²) in [6.45, 7) is 0. The number of carbonyl (C=O) groups is 3. The third-order valence-electron chi connectivity index (χ3n) is 3.72. The summed E-state index contributed by atoms with van der Waals surface area (Å²) in [5, 5.41) is 11.9. The monoisotopic (exact) mass is 356 g/mol. The van der Waals surface area contributed by atoms with Crippen molar-refractivity contribution in [1.29, 1.82) is 0 Å². The first kappa shape index (κ1) is 19.0. The molecule has 0 aliphatic rings. The molecule has 0 aliphatic heterocycles. The first-order valence-electron chi connectivity index (χ1n) is 7.84. The first-order valence-corrected chi connectivity index (χ1v) is 7.84. The van der Waals surface area contributed by atoms with Gasteiger partial charge < -0.3 is 20.1 Å². The molecule has 0 heterocycles. The van der Waals surface area contributed by atoms with Gasteiger partial charge in [0.2, 0.25) is 5.91 Å². The van der Waals surface area contributed by atoms with Crippen molar-refractivity contribution in [2.45, 2.75) is 6.42 Å².